The van der Waals surface area contributed by atoms with Gasteiger partial charge in [-0.1, -0.05) is 25.4 Å². The molecule has 0 aliphatic heterocycles. The van der Waals surface area contributed by atoms with Gasteiger partial charge >= 0.3 is 0 Å². The Morgan fingerprint density at radius 3 is 2.71 bits per heavy atom. The SMILES string of the molecule is CC(C)NCCNCCc1cc(Cl)ccc1F. The number of rotatable bonds is 7. The Bertz CT molecular complexity index is 342. The molecule has 2 nitrogen and oxygen atoms in total. The molecule has 0 aliphatic carbocycles. The Kier molecular flexibility index (Phi) is 6.48. The standard InChI is InChI=1S/C13H20ClFN2/c1-10(2)17-8-7-16-6-5-11-9-12(14)3-4-13(11)15/h3-4,9-10,16-17H,5-8H2,1-2H3. The van der Waals surface area contributed by atoms with Crippen LogP contribution in [0.1, 0.15) is 19.4 Å². The van der Waals surface area contributed by atoms with E-state index in [0.29, 0.717) is 23.0 Å². The summed E-state index contributed by atoms with van der Waals surface area (Å²) in [7, 11) is 0. The summed E-state index contributed by atoms with van der Waals surface area (Å²) < 4.78 is 13.4. The van der Waals surface area contributed by atoms with Crippen molar-refractivity contribution in [1.82, 2.24) is 10.6 Å². The molecular formula is C13H20ClFN2. The largest absolute Gasteiger partial charge is 0.315 e. The van der Waals surface area contributed by atoms with E-state index in [1.807, 2.05) is 0 Å². The Balaban J connectivity index is 2.20. The molecule has 0 radical (unpaired) electrons. The van der Waals surface area contributed by atoms with E-state index in [9.17, 15) is 4.39 Å². The van der Waals surface area contributed by atoms with Crippen molar-refractivity contribution in [2.45, 2.75) is 26.3 Å². The Hall–Kier alpha value is -0.640. The van der Waals surface area contributed by atoms with E-state index >= 15 is 0 Å². The normalized spacial score (nSPS) is 11.1. The highest BCUT2D eigenvalue weighted by Crippen LogP contribution is 2.14. The second kappa shape index (κ2) is 7.64. The fourth-order valence-electron chi connectivity index (χ4n) is 1.53. The van der Waals surface area contributed by atoms with E-state index in [2.05, 4.69) is 24.5 Å². The van der Waals surface area contributed by atoms with E-state index in [0.717, 1.165) is 19.6 Å². The van der Waals surface area contributed by atoms with Crippen molar-refractivity contribution in [2.24, 2.45) is 0 Å². The average molecular weight is 259 g/mol. The number of benzene rings is 1. The van der Waals surface area contributed by atoms with Gasteiger partial charge in [0, 0.05) is 24.2 Å². The molecule has 0 bridgehead atoms. The molecule has 0 fully saturated rings. The predicted molar refractivity (Wildman–Crippen MR) is 71.1 cm³/mol. The van der Waals surface area contributed by atoms with Crippen LogP contribution >= 0.6 is 11.6 Å². The maximum Gasteiger partial charge on any atom is 0.126 e. The maximum atomic E-state index is 13.4. The molecule has 0 atom stereocenters. The molecule has 0 spiro atoms. The maximum absolute atomic E-state index is 13.4. The molecule has 1 aromatic rings. The molecular weight excluding hydrogens is 239 g/mol. The quantitative estimate of drug-likeness (QED) is 0.735. The van der Waals surface area contributed by atoms with Crippen LogP contribution in [0, 0.1) is 5.82 Å². The number of halogens is 2. The van der Waals surface area contributed by atoms with Gasteiger partial charge in [-0.15, -0.1) is 0 Å². The van der Waals surface area contributed by atoms with Gasteiger partial charge in [0.2, 0.25) is 0 Å². The summed E-state index contributed by atoms with van der Waals surface area (Å²) in [4.78, 5) is 0. The highest BCUT2D eigenvalue weighted by Gasteiger charge is 2.02. The molecule has 0 unspecified atom stereocenters. The zero-order chi connectivity index (χ0) is 12.7. The highest BCUT2D eigenvalue weighted by molar-refractivity contribution is 6.30. The van der Waals surface area contributed by atoms with Crippen molar-refractivity contribution < 1.29 is 4.39 Å². The lowest BCUT2D eigenvalue weighted by molar-refractivity contribution is 0.551. The summed E-state index contributed by atoms with van der Waals surface area (Å²) >= 11 is 5.82. The van der Waals surface area contributed by atoms with Gasteiger partial charge in [0.1, 0.15) is 5.82 Å². The molecule has 0 saturated heterocycles. The molecule has 0 aromatic heterocycles. The molecule has 1 aromatic carbocycles. The van der Waals surface area contributed by atoms with Crippen molar-refractivity contribution in [2.75, 3.05) is 19.6 Å². The third-order valence-corrected chi connectivity index (χ3v) is 2.67. The molecule has 4 heteroatoms. The van der Waals surface area contributed by atoms with Crippen LogP contribution in [0.2, 0.25) is 5.02 Å². The summed E-state index contributed by atoms with van der Waals surface area (Å²) in [5.74, 6) is -0.184. The number of nitrogens with one attached hydrogen (secondary N) is 2. The van der Waals surface area contributed by atoms with Crippen molar-refractivity contribution >= 4 is 11.6 Å². The Morgan fingerprint density at radius 2 is 2.00 bits per heavy atom. The number of hydrogen-bond donors (Lipinski definition) is 2. The van der Waals surface area contributed by atoms with E-state index in [1.165, 1.54) is 6.07 Å². The lowest BCUT2D eigenvalue weighted by Crippen LogP contribution is -2.32. The molecule has 17 heavy (non-hydrogen) atoms. The summed E-state index contributed by atoms with van der Waals surface area (Å²) in [5.41, 5.74) is 0.668. The van der Waals surface area contributed by atoms with Crippen LogP contribution in [0.5, 0.6) is 0 Å². The fourth-order valence-corrected chi connectivity index (χ4v) is 1.73. The first-order valence-electron chi connectivity index (χ1n) is 5.97. The summed E-state index contributed by atoms with van der Waals surface area (Å²) in [6.07, 6.45) is 0.661. The van der Waals surface area contributed by atoms with Crippen LogP contribution in [0.15, 0.2) is 18.2 Å². The van der Waals surface area contributed by atoms with Crippen LogP contribution in [-0.2, 0) is 6.42 Å². The van der Waals surface area contributed by atoms with E-state index < -0.39 is 0 Å². The van der Waals surface area contributed by atoms with Gasteiger partial charge in [0.05, 0.1) is 0 Å². The van der Waals surface area contributed by atoms with Gasteiger partial charge in [-0.2, -0.15) is 0 Å². The van der Waals surface area contributed by atoms with Crippen molar-refractivity contribution in [3.05, 3.63) is 34.6 Å². The summed E-state index contributed by atoms with van der Waals surface area (Å²) in [5, 5.41) is 7.16. The third-order valence-electron chi connectivity index (χ3n) is 2.43. The Morgan fingerprint density at radius 1 is 1.24 bits per heavy atom. The molecule has 0 heterocycles. The zero-order valence-corrected chi connectivity index (χ0v) is 11.1. The zero-order valence-electron chi connectivity index (χ0n) is 10.4. The van der Waals surface area contributed by atoms with Crippen molar-refractivity contribution in [3.8, 4) is 0 Å². The first-order valence-corrected chi connectivity index (χ1v) is 6.35. The lowest BCUT2D eigenvalue weighted by atomic mass is 10.1. The summed E-state index contributed by atoms with van der Waals surface area (Å²) in [6.45, 7) is 6.80. The van der Waals surface area contributed by atoms with Gasteiger partial charge in [0.15, 0.2) is 0 Å². The predicted octanol–water partition coefficient (Wildman–Crippen LogP) is 2.61. The molecule has 0 amide bonds. The minimum absolute atomic E-state index is 0.184. The monoisotopic (exact) mass is 258 g/mol. The first kappa shape index (κ1) is 14.4. The fraction of sp³-hybridized carbons (Fsp3) is 0.538. The van der Waals surface area contributed by atoms with Gasteiger partial charge in [0.25, 0.3) is 0 Å². The van der Waals surface area contributed by atoms with Crippen molar-refractivity contribution in [1.29, 1.82) is 0 Å². The lowest BCUT2D eigenvalue weighted by Gasteiger charge is -2.09. The second-order valence-electron chi connectivity index (χ2n) is 4.34. The smallest absolute Gasteiger partial charge is 0.126 e. The highest BCUT2D eigenvalue weighted by atomic mass is 35.5. The van der Waals surface area contributed by atoms with Gasteiger partial charge in [-0.05, 0) is 36.7 Å². The van der Waals surface area contributed by atoms with Gasteiger partial charge in [-0.25, -0.2) is 4.39 Å². The molecule has 2 N–H and O–H groups in total. The number of hydrogen-bond acceptors (Lipinski definition) is 2. The van der Waals surface area contributed by atoms with Crippen LogP contribution in [0.25, 0.3) is 0 Å². The Labute approximate surface area is 108 Å². The molecule has 1 rings (SSSR count). The van der Waals surface area contributed by atoms with Gasteiger partial charge < -0.3 is 10.6 Å². The second-order valence-corrected chi connectivity index (χ2v) is 4.78. The van der Waals surface area contributed by atoms with E-state index in [4.69, 9.17) is 11.6 Å². The van der Waals surface area contributed by atoms with Crippen LogP contribution < -0.4 is 10.6 Å². The molecule has 0 aliphatic rings. The van der Waals surface area contributed by atoms with E-state index in [-0.39, 0.29) is 5.82 Å². The van der Waals surface area contributed by atoms with E-state index in [1.54, 1.807) is 12.1 Å². The van der Waals surface area contributed by atoms with Crippen molar-refractivity contribution in [3.63, 3.8) is 0 Å². The minimum Gasteiger partial charge on any atom is -0.315 e. The van der Waals surface area contributed by atoms with Gasteiger partial charge in [-0.3, -0.25) is 0 Å². The van der Waals surface area contributed by atoms with Crippen LogP contribution in [0.3, 0.4) is 0 Å². The molecule has 0 saturated carbocycles. The summed E-state index contributed by atoms with van der Waals surface area (Å²) in [6, 6.07) is 5.17. The molecule has 96 valence electrons. The first-order chi connectivity index (χ1) is 8.09. The average Bonchev–Trinajstić information content (AvgIpc) is 2.27. The third kappa shape index (κ3) is 6.01. The topological polar surface area (TPSA) is 24.1 Å². The minimum atomic E-state index is -0.184. The van der Waals surface area contributed by atoms with Crippen LogP contribution in [0.4, 0.5) is 4.39 Å². The van der Waals surface area contributed by atoms with Crippen LogP contribution in [-0.4, -0.2) is 25.7 Å².